The van der Waals surface area contributed by atoms with Crippen LogP contribution >= 0.6 is 0 Å². The van der Waals surface area contributed by atoms with E-state index in [1.165, 1.54) is 0 Å². The van der Waals surface area contributed by atoms with Crippen LogP contribution in [0.4, 0.5) is 4.79 Å². The highest BCUT2D eigenvalue weighted by Crippen LogP contribution is 2.16. The minimum Gasteiger partial charge on any atom is -0.444 e. The lowest BCUT2D eigenvalue weighted by molar-refractivity contribution is -0.134. The molecule has 0 aromatic rings. The SMILES string of the molecule is CN(C)C(=O)C1CCNCC1NC(=O)OC(C)(C)C. The molecule has 1 fully saturated rings. The number of nitrogens with one attached hydrogen (secondary N) is 2. The van der Waals surface area contributed by atoms with Crippen molar-refractivity contribution in [3.8, 4) is 0 Å². The van der Waals surface area contributed by atoms with Crippen molar-refractivity contribution in [2.45, 2.75) is 38.8 Å². The van der Waals surface area contributed by atoms with Crippen LogP contribution < -0.4 is 10.6 Å². The van der Waals surface area contributed by atoms with Gasteiger partial charge in [0.2, 0.25) is 5.91 Å². The number of hydrogen-bond acceptors (Lipinski definition) is 4. The molecule has 2 amide bonds. The zero-order chi connectivity index (χ0) is 14.6. The van der Waals surface area contributed by atoms with Crippen LogP contribution in [0.15, 0.2) is 0 Å². The molecule has 0 aromatic heterocycles. The lowest BCUT2D eigenvalue weighted by Gasteiger charge is -2.33. The van der Waals surface area contributed by atoms with Crippen molar-refractivity contribution in [3.63, 3.8) is 0 Å². The molecule has 19 heavy (non-hydrogen) atoms. The summed E-state index contributed by atoms with van der Waals surface area (Å²) in [5.41, 5.74) is -0.534. The van der Waals surface area contributed by atoms with Crippen molar-refractivity contribution in [2.24, 2.45) is 5.92 Å². The number of nitrogens with zero attached hydrogens (tertiary/aromatic N) is 1. The van der Waals surface area contributed by atoms with E-state index in [-0.39, 0.29) is 17.9 Å². The van der Waals surface area contributed by atoms with Crippen LogP contribution in [0.25, 0.3) is 0 Å². The molecule has 0 aliphatic carbocycles. The number of rotatable bonds is 2. The van der Waals surface area contributed by atoms with Gasteiger partial charge in [-0.2, -0.15) is 0 Å². The van der Waals surface area contributed by atoms with Crippen molar-refractivity contribution in [1.82, 2.24) is 15.5 Å². The Hall–Kier alpha value is -1.30. The Balaban J connectivity index is 2.63. The standard InChI is InChI=1S/C13H25N3O3/c1-13(2,3)19-12(18)15-10-8-14-7-6-9(10)11(17)16(4)5/h9-10,14H,6-8H2,1-5H3,(H,15,18). The molecular weight excluding hydrogens is 246 g/mol. The Kier molecular flexibility index (Phi) is 5.17. The van der Waals surface area contributed by atoms with Gasteiger partial charge in [0.25, 0.3) is 0 Å². The summed E-state index contributed by atoms with van der Waals surface area (Å²) in [7, 11) is 3.46. The number of amides is 2. The molecular formula is C13H25N3O3. The van der Waals surface area contributed by atoms with Gasteiger partial charge in [-0.25, -0.2) is 4.79 Å². The van der Waals surface area contributed by atoms with Crippen LogP contribution in [0.5, 0.6) is 0 Å². The molecule has 110 valence electrons. The lowest BCUT2D eigenvalue weighted by Crippen LogP contribution is -2.55. The Bertz CT molecular complexity index is 337. The number of ether oxygens (including phenoxy) is 1. The Morgan fingerprint density at radius 1 is 1.32 bits per heavy atom. The highest BCUT2D eigenvalue weighted by atomic mass is 16.6. The van der Waals surface area contributed by atoms with Crippen molar-refractivity contribution in [3.05, 3.63) is 0 Å². The van der Waals surface area contributed by atoms with Gasteiger partial charge in [-0.15, -0.1) is 0 Å². The summed E-state index contributed by atoms with van der Waals surface area (Å²) in [6.45, 7) is 6.82. The summed E-state index contributed by atoms with van der Waals surface area (Å²) in [5.74, 6) is -0.147. The van der Waals surface area contributed by atoms with E-state index in [1.807, 2.05) is 20.8 Å². The molecule has 1 rings (SSSR count). The topological polar surface area (TPSA) is 70.7 Å². The number of alkyl carbamates (subject to hydrolysis) is 1. The first-order chi connectivity index (χ1) is 8.70. The highest BCUT2D eigenvalue weighted by molar-refractivity contribution is 5.80. The number of hydrogen-bond donors (Lipinski definition) is 2. The molecule has 0 radical (unpaired) electrons. The van der Waals surface area contributed by atoms with Gasteiger partial charge in [0.15, 0.2) is 0 Å². The van der Waals surface area contributed by atoms with E-state index >= 15 is 0 Å². The van der Waals surface area contributed by atoms with E-state index in [1.54, 1.807) is 19.0 Å². The predicted molar refractivity (Wildman–Crippen MR) is 72.8 cm³/mol. The van der Waals surface area contributed by atoms with E-state index in [2.05, 4.69) is 10.6 Å². The van der Waals surface area contributed by atoms with Gasteiger partial charge >= 0.3 is 6.09 Å². The molecule has 1 heterocycles. The van der Waals surface area contributed by atoms with Crippen molar-refractivity contribution < 1.29 is 14.3 Å². The molecule has 2 atom stereocenters. The second-order valence-electron chi connectivity index (χ2n) is 6.08. The monoisotopic (exact) mass is 271 g/mol. The van der Waals surface area contributed by atoms with Crippen molar-refractivity contribution in [2.75, 3.05) is 27.2 Å². The average Bonchev–Trinajstić information content (AvgIpc) is 2.26. The third-order valence-corrected chi connectivity index (χ3v) is 2.94. The molecule has 1 aliphatic heterocycles. The molecule has 0 spiro atoms. The summed E-state index contributed by atoms with van der Waals surface area (Å²) >= 11 is 0. The molecule has 1 aliphatic rings. The first kappa shape index (κ1) is 15.8. The molecule has 0 bridgehead atoms. The van der Waals surface area contributed by atoms with Crippen LogP contribution in [-0.4, -0.2) is 55.7 Å². The maximum atomic E-state index is 12.1. The highest BCUT2D eigenvalue weighted by Gasteiger charge is 2.33. The Labute approximate surface area is 114 Å². The summed E-state index contributed by atoms with van der Waals surface area (Å²) < 4.78 is 5.23. The van der Waals surface area contributed by atoms with E-state index in [0.717, 1.165) is 13.0 Å². The molecule has 0 saturated carbocycles. The molecule has 6 heteroatoms. The quantitative estimate of drug-likeness (QED) is 0.770. The summed E-state index contributed by atoms with van der Waals surface area (Å²) in [6.07, 6.45) is 0.245. The van der Waals surface area contributed by atoms with Crippen LogP contribution in [0.2, 0.25) is 0 Å². The molecule has 0 aromatic carbocycles. The van der Waals surface area contributed by atoms with E-state index in [0.29, 0.717) is 6.54 Å². The maximum absolute atomic E-state index is 12.1. The maximum Gasteiger partial charge on any atom is 0.407 e. The fourth-order valence-corrected chi connectivity index (χ4v) is 2.10. The molecule has 1 saturated heterocycles. The van der Waals surface area contributed by atoms with Crippen molar-refractivity contribution >= 4 is 12.0 Å². The minimum atomic E-state index is -0.534. The van der Waals surface area contributed by atoms with Crippen molar-refractivity contribution in [1.29, 1.82) is 0 Å². The first-order valence-corrected chi connectivity index (χ1v) is 6.62. The third-order valence-electron chi connectivity index (χ3n) is 2.94. The van der Waals surface area contributed by atoms with Gasteiger partial charge in [-0.3, -0.25) is 4.79 Å². The van der Waals surface area contributed by atoms with E-state index in [4.69, 9.17) is 4.74 Å². The Morgan fingerprint density at radius 3 is 2.47 bits per heavy atom. The van der Waals surface area contributed by atoms with E-state index < -0.39 is 11.7 Å². The van der Waals surface area contributed by atoms with E-state index in [9.17, 15) is 9.59 Å². The first-order valence-electron chi connectivity index (χ1n) is 6.62. The molecule has 2 N–H and O–H groups in total. The second kappa shape index (κ2) is 6.23. The van der Waals surface area contributed by atoms with Crippen LogP contribution in [0, 0.1) is 5.92 Å². The van der Waals surface area contributed by atoms with Gasteiger partial charge in [0.1, 0.15) is 5.60 Å². The summed E-state index contributed by atoms with van der Waals surface area (Å²) in [6, 6.07) is -0.224. The third kappa shape index (κ3) is 5.06. The Morgan fingerprint density at radius 2 is 1.95 bits per heavy atom. The van der Waals surface area contributed by atoms with Crippen LogP contribution in [-0.2, 0) is 9.53 Å². The second-order valence-corrected chi connectivity index (χ2v) is 6.08. The van der Waals surface area contributed by atoms with Gasteiger partial charge < -0.3 is 20.3 Å². The molecule has 6 nitrogen and oxygen atoms in total. The fourth-order valence-electron chi connectivity index (χ4n) is 2.10. The summed E-state index contributed by atoms with van der Waals surface area (Å²) in [5, 5.41) is 5.98. The largest absolute Gasteiger partial charge is 0.444 e. The molecule has 2 unspecified atom stereocenters. The number of carbonyl (C=O) groups excluding carboxylic acids is 2. The fraction of sp³-hybridized carbons (Fsp3) is 0.846. The average molecular weight is 271 g/mol. The van der Waals surface area contributed by atoms with Crippen LogP contribution in [0.1, 0.15) is 27.2 Å². The smallest absolute Gasteiger partial charge is 0.407 e. The lowest BCUT2D eigenvalue weighted by atomic mass is 9.91. The number of piperidine rings is 1. The van der Waals surface area contributed by atoms with Gasteiger partial charge in [-0.1, -0.05) is 0 Å². The zero-order valence-electron chi connectivity index (χ0n) is 12.4. The van der Waals surface area contributed by atoms with Gasteiger partial charge in [-0.05, 0) is 33.7 Å². The predicted octanol–water partition coefficient (Wildman–Crippen LogP) is 0.577. The number of carbonyl (C=O) groups is 2. The van der Waals surface area contributed by atoms with Gasteiger partial charge in [0.05, 0.1) is 12.0 Å². The zero-order valence-corrected chi connectivity index (χ0v) is 12.4. The van der Waals surface area contributed by atoms with Gasteiger partial charge in [0, 0.05) is 20.6 Å². The summed E-state index contributed by atoms with van der Waals surface area (Å²) in [4.78, 5) is 25.4. The normalized spacial score (nSPS) is 23.6. The van der Waals surface area contributed by atoms with Crippen LogP contribution in [0.3, 0.4) is 0 Å². The minimum absolute atomic E-state index is 0.0440.